The van der Waals surface area contributed by atoms with E-state index in [1.54, 1.807) is 36.1 Å². The predicted octanol–water partition coefficient (Wildman–Crippen LogP) is 0.873. The predicted molar refractivity (Wildman–Crippen MR) is 138 cm³/mol. The highest BCUT2D eigenvalue weighted by atomic mass is 32.1. The molecule has 12 heteroatoms. The minimum absolute atomic E-state index is 0.0149. The molecule has 194 valence electrons. The first-order chi connectivity index (χ1) is 17.7. The van der Waals surface area contributed by atoms with Gasteiger partial charge >= 0.3 is 0 Å². The lowest BCUT2D eigenvalue weighted by Gasteiger charge is -2.31. The van der Waals surface area contributed by atoms with Crippen molar-refractivity contribution in [3.05, 3.63) is 43.8 Å². The summed E-state index contributed by atoms with van der Waals surface area (Å²) in [7, 11) is 0. The van der Waals surface area contributed by atoms with Crippen LogP contribution in [0.25, 0.3) is 11.8 Å². The second-order valence-electron chi connectivity index (χ2n) is 8.24. The molecule has 0 spiro atoms. The number of alkyl halides is 2. The summed E-state index contributed by atoms with van der Waals surface area (Å²) in [5.74, 6) is -1.39. The van der Waals surface area contributed by atoms with Crippen molar-refractivity contribution in [1.82, 2.24) is 14.8 Å². The van der Waals surface area contributed by atoms with Crippen LogP contribution in [0.4, 0.5) is 20.2 Å². The molecular weight excluding hydrogens is 502 g/mol. The molecule has 1 aromatic heterocycles. The number of carbonyl (C=O) groups excluding carboxylic acids is 2. The number of likely N-dealkylation sites (tertiary alicyclic amines) is 1. The number of hydrogen-bond acceptors (Lipinski definition) is 7. The van der Waals surface area contributed by atoms with E-state index in [0.717, 1.165) is 11.3 Å². The van der Waals surface area contributed by atoms with Gasteiger partial charge in [-0.15, -0.1) is 17.8 Å². The lowest BCUT2D eigenvalue weighted by Crippen LogP contribution is -2.42. The average Bonchev–Trinajstić information content (AvgIpc) is 3.18. The van der Waals surface area contributed by atoms with Crippen LogP contribution in [-0.2, 0) is 16.1 Å². The number of benzene rings is 1. The largest absolute Gasteiger partial charge is 0.360 e. The number of halogens is 2. The van der Waals surface area contributed by atoms with E-state index in [1.165, 1.54) is 10.8 Å². The van der Waals surface area contributed by atoms with Crippen molar-refractivity contribution in [3.63, 3.8) is 0 Å². The highest BCUT2D eigenvalue weighted by molar-refractivity contribution is 7.07. The Bertz CT molecular complexity index is 1420. The van der Waals surface area contributed by atoms with Crippen LogP contribution in [-0.4, -0.2) is 53.4 Å². The molecule has 0 bridgehead atoms. The Labute approximate surface area is 216 Å². The van der Waals surface area contributed by atoms with E-state index in [-0.39, 0.29) is 71.8 Å². The number of piperidine rings is 1. The fourth-order valence-electron chi connectivity index (χ4n) is 3.69. The minimum atomic E-state index is -2.67. The Balaban J connectivity index is 1.76. The van der Waals surface area contributed by atoms with Crippen molar-refractivity contribution in [3.8, 4) is 18.4 Å². The van der Waals surface area contributed by atoms with Crippen molar-refractivity contribution in [2.24, 2.45) is 0 Å². The first kappa shape index (κ1) is 27.6. The third-order valence-electron chi connectivity index (χ3n) is 5.60. The van der Waals surface area contributed by atoms with Gasteiger partial charge in [0.05, 0.1) is 13.1 Å². The van der Waals surface area contributed by atoms with Gasteiger partial charge < -0.3 is 16.0 Å². The lowest BCUT2D eigenvalue weighted by atomic mass is 10.1. The molecule has 0 radical (unpaired) electrons. The molecule has 3 rings (SSSR count). The standard InChI is InChI=1S/C25H26F2N6O3S/c1-3-10-29-22(35)19(14-28)24-33(4-2)23(36)20(37-24)15-30-17-6-5-7-18(13-17)31-21(34)16-32-11-8-25(26,27)9-12-32/h1,5-7,13,15,30H,4,8-12,16H2,2H3,(H,29,35)(H,31,34). The van der Waals surface area contributed by atoms with E-state index >= 15 is 0 Å². The summed E-state index contributed by atoms with van der Waals surface area (Å²) in [6.07, 6.45) is 6.09. The van der Waals surface area contributed by atoms with Crippen LogP contribution >= 0.6 is 11.3 Å². The zero-order valence-corrected chi connectivity index (χ0v) is 21.0. The average molecular weight is 529 g/mol. The summed E-state index contributed by atoms with van der Waals surface area (Å²) < 4.78 is 28.4. The van der Waals surface area contributed by atoms with Crippen LogP contribution in [0.15, 0.2) is 29.1 Å². The topological polar surface area (TPSA) is 119 Å². The molecule has 0 aliphatic carbocycles. The van der Waals surface area contributed by atoms with E-state index in [2.05, 4.69) is 21.9 Å². The molecule has 37 heavy (non-hydrogen) atoms. The van der Waals surface area contributed by atoms with Crippen molar-refractivity contribution in [1.29, 1.82) is 5.26 Å². The number of thiazole rings is 1. The number of terminal acetylenes is 1. The number of hydrogen-bond donors (Lipinski definition) is 3. The summed E-state index contributed by atoms with van der Waals surface area (Å²) >= 11 is 0.990. The Morgan fingerprint density at radius 2 is 1.97 bits per heavy atom. The van der Waals surface area contributed by atoms with Gasteiger partial charge in [-0.3, -0.25) is 23.9 Å². The van der Waals surface area contributed by atoms with Crippen LogP contribution in [0.1, 0.15) is 19.8 Å². The summed E-state index contributed by atoms with van der Waals surface area (Å²) in [5, 5.41) is 17.7. The van der Waals surface area contributed by atoms with Crippen molar-refractivity contribution < 1.29 is 18.4 Å². The molecule has 2 heterocycles. The highest BCUT2D eigenvalue weighted by Gasteiger charge is 2.34. The number of nitrogens with one attached hydrogen (secondary N) is 3. The van der Waals surface area contributed by atoms with E-state index < -0.39 is 11.8 Å². The molecule has 1 saturated heterocycles. The summed E-state index contributed by atoms with van der Waals surface area (Å²) in [4.78, 5) is 39.2. The maximum Gasteiger partial charge on any atom is 0.270 e. The monoisotopic (exact) mass is 528 g/mol. The summed E-state index contributed by atoms with van der Waals surface area (Å²) in [5.41, 5.74) is 0.489. The summed E-state index contributed by atoms with van der Waals surface area (Å²) in [6, 6.07) is 8.62. The molecule has 2 aromatic rings. The van der Waals surface area contributed by atoms with E-state index in [0.29, 0.717) is 11.4 Å². The Morgan fingerprint density at radius 1 is 1.27 bits per heavy atom. The Morgan fingerprint density at radius 3 is 2.62 bits per heavy atom. The first-order valence-electron chi connectivity index (χ1n) is 11.5. The Hall–Kier alpha value is -4.00. The number of nitrogens with zero attached hydrogens (tertiary/aromatic N) is 3. The van der Waals surface area contributed by atoms with Gasteiger partial charge in [0.1, 0.15) is 15.3 Å². The van der Waals surface area contributed by atoms with Crippen molar-refractivity contribution >= 4 is 46.3 Å². The van der Waals surface area contributed by atoms with Crippen LogP contribution < -0.4 is 30.7 Å². The fraction of sp³-hybridized carbons (Fsp3) is 0.360. The second kappa shape index (κ2) is 12.3. The molecule has 0 atom stereocenters. The third kappa shape index (κ3) is 7.26. The third-order valence-corrected chi connectivity index (χ3v) is 6.73. The SMILES string of the molecule is C#CCNC(=O)C(C#N)=c1sc(=CNc2cccc(NC(=O)CN3CCC(F)(F)CC3)c2)c(=O)n1CC. The number of rotatable bonds is 8. The van der Waals surface area contributed by atoms with E-state index in [1.807, 2.05) is 6.07 Å². The number of amides is 2. The van der Waals surface area contributed by atoms with E-state index in [9.17, 15) is 28.4 Å². The maximum atomic E-state index is 13.3. The molecule has 9 nitrogen and oxygen atoms in total. The van der Waals surface area contributed by atoms with Crippen LogP contribution in [0, 0.1) is 23.7 Å². The van der Waals surface area contributed by atoms with Crippen molar-refractivity contribution in [2.75, 3.05) is 36.8 Å². The molecule has 3 N–H and O–H groups in total. The second-order valence-corrected chi connectivity index (χ2v) is 9.27. The number of carbonyl (C=O) groups is 2. The summed E-state index contributed by atoms with van der Waals surface area (Å²) in [6.45, 7) is 2.26. The van der Waals surface area contributed by atoms with Gasteiger partial charge in [0.15, 0.2) is 5.57 Å². The van der Waals surface area contributed by atoms with Gasteiger partial charge in [-0.2, -0.15) is 5.26 Å². The smallest absolute Gasteiger partial charge is 0.270 e. The molecular formula is C25H26F2N6O3S. The van der Waals surface area contributed by atoms with Gasteiger partial charge in [0.2, 0.25) is 5.91 Å². The zero-order valence-electron chi connectivity index (χ0n) is 20.1. The van der Waals surface area contributed by atoms with Gasteiger partial charge in [-0.1, -0.05) is 12.0 Å². The highest BCUT2D eigenvalue weighted by Crippen LogP contribution is 2.27. The van der Waals surface area contributed by atoms with Crippen LogP contribution in [0.5, 0.6) is 0 Å². The van der Waals surface area contributed by atoms with Crippen LogP contribution in [0.3, 0.4) is 0 Å². The molecule has 1 aliphatic heterocycles. The van der Waals surface area contributed by atoms with Gasteiger partial charge in [0.25, 0.3) is 17.4 Å². The fourth-order valence-corrected chi connectivity index (χ4v) is 4.77. The lowest BCUT2D eigenvalue weighted by molar-refractivity contribution is -0.119. The zero-order chi connectivity index (χ0) is 27.0. The maximum absolute atomic E-state index is 13.3. The Kier molecular flexibility index (Phi) is 9.17. The minimum Gasteiger partial charge on any atom is -0.360 e. The van der Waals surface area contributed by atoms with Crippen molar-refractivity contribution in [2.45, 2.75) is 32.2 Å². The molecule has 0 unspecified atom stereocenters. The molecule has 0 saturated carbocycles. The molecule has 2 amide bonds. The van der Waals surface area contributed by atoms with Gasteiger partial charge in [-0.05, 0) is 25.1 Å². The number of anilines is 2. The van der Waals surface area contributed by atoms with E-state index in [4.69, 9.17) is 6.42 Å². The molecule has 1 fully saturated rings. The molecule has 1 aromatic carbocycles. The van der Waals surface area contributed by atoms with Crippen LogP contribution in [0.2, 0.25) is 0 Å². The quantitative estimate of drug-likeness (QED) is 0.438. The first-order valence-corrected chi connectivity index (χ1v) is 12.3. The van der Waals surface area contributed by atoms with Gasteiger partial charge in [-0.25, -0.2) is 8.78 Å². The van der Waals surface area contributed by atoms with Gasteiger partial charge in [0, 0.05) is 50.1 Å². The number of aromatic nitrogens is 1. The normalized spacial score (nSPS) is 16.3. The molecule has 1 aliphatic rings. The number of nitriles is 1.